The molecule has 21 heavy (non-hydrogen) atoms. The van der Waals surface area contributed by atoms with Gasteiger partial charge in [0.2, 0.25) is 0 Å². The molecular weight excluding hydrogens is 292 g/mol. The van der Waals surface area contributed by atoms with E-state index in [9.17, 15) is 13.2 Å². The van der Waals surface area contributed by atoms with Gasteiger partial charge in [0.15, 0.2) is 9.84 Å². The Bertz CT molecular complexity index is 423. The van der Waals surface area contributed by atoms with Crippen LogP contribution in [-0.4, -0.2) is 69.1 Å². The van der Waals surface area contributed by atoms with Gasteiger partial charge in [-0.25, -0.2) is 8.42 Å². The molecule has 0 spiro atoms. The van der Waals surface area contributed by atoms with E-state index in [0.717, 1.165) is 6.54 Å². The molecule has 1 aliphatic rings. The first-order valence-corrected chi connectivity index (χ1v) is 9.51. The second-order valence-electron chi connectivity index (χ2n) is 5.76. The predicted molar refractivity (Wildman–Crippen MR) is 83.0 cm³/mol. The van der Waals surface area contributed by atoms with Crippen LogP contribution < -0.4 is 5.32 Å². The van der Waals surface area contributed by atoms with Gasteiger partial charge in [0.25, 0.3) is 0 Å². The molecule has 1 fully saturated rings. The number of sulfone groups is 1. The van der Waals surface area contributed by atoms with Gasteiger partial charge < -0.3 is 15.0 Å². The van der Waals surface area contributed by atoms with Crippen LogP contribution in [0.4, 0.5) is 0 Å². The standard InChI is InChI=1S/C14H28N2O4S/c1-4-20-14(17)13(15-12(2)3)6-8-16-7-5-10-21(18,19)11-9-16/h12-13,15H,4-11H2,1-3H3. The van der Waals surface area contributed by atoms with Crippen LogP contribution in [0.25, 0.3) is 0 Å². The second kappa shape index (κ2) is 8.70. The maximum Gasteiger partial charge on any atom is 0.323 e. The van der Waals surface area contributed by atoms with Crippen LogP contribution in [0.15, 0.2) is 0 Å². The summed E-state index contributed by atoms with van der Waals surface area (Å²) in [5.74, 6) is 0.262. The van der Waals surface area contributed by atoms with Crippen molar-refractivity contribution >= 4 is 15.8 Å². The van der Waals surface area contributed by atoms with Gasteiger partial charge in [0, 0.05) is 19.1 Å². The van der Waals surface area contributed by atoms with Gasteiger partial charge in [0.1, 0.15) is 6.04 Å². The van der Waals surface area contributed by atoms with Crippen LogP contribution in [0.2, 0.25) is 0 Å². The van der Waals surface area contributed by atoms with Crippen LogP contribution in [0.3, 0.4) is 0 Å². The Morgan fingerprint density at radius 2 is 2.00 bits per heavy atom. The van der Waals surface area contributed by atoms with Gasteiger partial charge in [-0.05, 0) is 26.3 Å². The Kier molecular flexibility index (Phi) is 7.62. The largest absolute Gasteiger partial charge is 0.465 e. The second-order valence-corrected chi connectivity index (χ2v) is 8.07. The molecular formula is C14H28N2O4S. The highest BCUT2D eigenvalue weighted by Gasteiger charge is 2.23. The van der Waals surface area contributed by atoms with Gasteiger partial charge in [0.05, 0.1) is 18.1 Å². The molecule has 0 aromatic rings. The van der Waals surface area contributed by atoms with Gasteiger partial charge in [-0.15, -0.1) is 0 Å². The molecule has 1 atom stereocenters. The summed E-state index contributed by atoms with van der Waals surface area (Å²) in [5, 5.41) is 3.22. The quantitative estimate of drug-likeness (QED) is 0.686. The maximum atomic E-state index is 11.9. The fraction of sp³-hybridized carbons (Fsp3) is 0.929. The zero-order chi connectivity index (χ0) is 15.9. The molecule has 0 aromatic carbocycles. The lowest BCUT2D eigenvalue weighted by Crippen LogP contribution is -2.44. The third-order valence-corrected chi connectivity index (χ3v) is 5.20. The van der Waals surface area contributed by atoms with E-state index in [1.165, 1.54) is 0 Å². The normalized spacial score (nSPS) is 21.0. The number of hydrogen-bond donors (Lipinski definition) is 1. The average Bonchev–Trinajstić information content (AvgIpc) is 2.55. The topological polar surface area (TPSA) is 75.7 Å². The van der Waals surface area contributed by atoms with Crippen molar-refractivity contribution in [2.24, 2.45) is 0 Å². The molecule has 1 N–H and O–H groups in total. The predicted octanol–water partition coefficient (Wildman–Crippen LogP) is 0.427. The number of rotatable bonds is 7. The molecule has 0 bridgehead atoms. The Morgan fingerprint density at radius 3 is 2.62 bits per heavy atom. The number of ether oxygens (including phenoxy) is 1. The number of nitrogens with one attached hydrogen (secondary N) is 1. The van der Waals surface area contributed by atoms with E-state index in [0.29, 0.717) is 32.5 Å². The van der Waals surface area contributed by atoms with Gasteiger partial charge in [-0.3, -0.25) is 4.79 Å². The zero-order valence-corrected chi connectivity index (χ0v) is 14.1. The van der Waals surface area contributed by atoms with Gasteiger partial charge in [-0.2, -0.15) is 0 Å². The third-order valence-electron chi connectivity index (χ3n) is 3.49. The minimum atomic E-state index is -2.88. The number of carbonyl (C=O) groups excluding carboxylic acids is 1. The van der Waals surface area contributed by atoms with E-state index in [-0.39, 0.29) is 29.6 Å². The fourth-order valence-corrected chi connectivity index (χ4v) is 3.75. The maximum absolute atomic E-state index is 11.9. The van der Waals surface area contributed by atoms with Gasteiger partial charge >= 0.3 is 5.97 Å². The Balaban J connectivity index is 2.49. The summed E-state index contributed by atoms with van der Waals surface area (Å²) in [6.07, 6.45) is 1.31. The summed E-state index contributed by atoms with van der Waals surface area (Å²) in [5.41, 5.74) is 0. The highest BCUT2D eigenvalue weighted by atomic mass is 32.2. The van der Waals surface area contributed by atoms with E-state index < -0.39 is 9.84 Å². The van der Waals surface area contributed by atoms with E-state index in [1.54, 1.807) is 6.92 Å². The molecule has 0 aromatic heterocycles. The van der Waals surface area contributed by atoms with E-state index >= 15 is 0 Å². The molecule has 0 saturated carbocycles. The Hall–Kier alpha value is -0.660. The zero-order valence-electron chi connectivity index (χ0n) is 13.3. The number of nitrogens with zero attached hydrogens (tertiary/aromatic N) is 1. The van der Waals surface area contributed by atoms with Gasteiger partial charge in [-0.1, -0.05) is 13.8 Å². The van der Waals surface area contributed by atoms with Crippen molar-refractivity contribution < 1.29 is 17.9 Å². The lowest BCUT2D eigenvalue weighted by Gasteiger charge is -2.24. The van der Waals surface area contributed by atoms with Crippen molar-refractivity contribution in [1.29, 1.82) is 0 Å². The van der Waals surface area contributed by atoms with Crippen molar-refractivity contribution in [3.05, 3.63) is 0 Å². The minimum Gasteiger partial charge on any atom is -0.465 e. The molecule has 0 radical (unpaired) electrons. The van der Waals surface area contributed by atoms with E-state index in [1.807, 2.05) is 13.8 Å². The van der Waals surface area contributed by atoms with Crippen LogP contribution in [-0.2, 0) is 19.4 Å². The first-order valence-electron chi connectivity index (χ1n) is 7.69. The van der Waals surface area contributed by atoms with Crippen LogP contribution in [0.5, 0.6) is 0 Å². The van der Waals surface area contributed by atoms with Crippen LogP contribution >= 0.6 is 0 Å². The molecule has 1 unspecified atom stereocenters. The summed E-state index contributed by atoms with van der Waals surface area (Å²) in [6, 6.07) is -0.131. The smallest absolute Gasteiger partial charge is 0.323 e. The molecule has 1 saturated heterocycles. The van der Waals surface area contributed by atoms with Crippen molar-refractivity contribution in [3.8, 4) is 0 Å². The van der Waals surface area contributed by atoms with Crippen molar-refractivity contribution in [1.82, 2.24) is 10.2 Å². The third kappa shape index (κ3) is 7.24. The van der Waals surface area contributed by atoms with Crippen molar-refractivity contribution in [3.63, 3.8) is 0 Å². The molecule has 1 rings (SSSR count). The molecule has 6 nitrogen and oxygen atoms in total. The van der Waals surface area contributed by atoms with Crippen molar-refractivity contribution in [2.75, 3.05) is 37.7 Å². The molecule has 1 heterocycles. The summed E-state index contributed by atoms with van der Waals surface area (Å²) >= 11 is 0. The van der Waals surface area contributed by atoms with Crippen molar-refractivity contribution in [2.45, 2.75) is 45.7 Å². The Morgan fingerprint density at radius 1 is 1.29 bits per heavy atom. The van der Waals surface area contributed by atoms with Crippen LogP contribution in [0.1, 0.15) is 33.6 Å². The minimum absolute atomic E-state index is 0.198. The molecule has 7 heteroatoms. The molecule has 1 aliphatic heterocycles. The van der Waals surface area contributed by atoms with E-state index in [2.05, 4.69) is 10.2 Å². The lowest BCUT2D eigenvalue weighted by molar-refractivity contribution is -0.146. The molecule has 0 aliphatic carbocycles. The SMILES string of the molecule is CCOC(=O)C(CCN1CCCS(=O)(=O)CC1)NC(C)C. The number of carbonyl (C=O) groups is 1. The number of esters is 1. The summed E-state index contributed by atoms with van der Waals surface area (Å²) in [6.45, 7) is 8.19. The Labute approximate surface area is 128 Å². The summed E-state index contributed by atoms with van der Waals surface area (Å²) in [4.78, 5) is 14.0. The first kappa shape index (κ1) is 18.4. The molecule has 0 amide bonds. The summed E-state index contributed by atoms with van der Waals surface area (Å²) in [7, 11) is -2.88. The van der Waals surface area contributed by atoms with E-state index in [4.69, 9.17) is 4.74 Å². The highest BCUT2D eigenvalue weighted by molar-refractivity contribution is 7.91. The first-order chi connectivity index (χ1) is 9.84. The lowest BCUT2D eigenvalue weighted by atomic mass is 10.1. The average molecular weight is 320 g/mol. The monoisotopic (exact) mass is 320 g/mol. The molecule has 124 valence electrons. The fourth-order valence-electron chi connectivity index (χ4n) is 2.44. The van der Waals surface area contributed by atoms with Crippen LogP contribution in [0, 0.1) is 0 Å². The summed E-state index contributed by atoms with van der Waals surface area (Å²) < 4.78 is 28.2. The highest BCUT2D eigenvalue weighted by Crippen LogP contribution is 2.07. The number of hydrogen-bond acceptors (Lipinski definition) is 6.